The molecule has 1 heterocycles. The van der Waals surface area contributed by atoms with Crippen LogP contribution in [0.15, 0.2) is 24.5 Å². The number of pyridine rings is 1. The van der Waals surface area contributed by atoms with E-state index in [4.69, 9.17) is 0 Å². The van der Waals surface area contributed by atoms with Crippen molar-refractivity contribution in [2.45, 2.75) is 45.6 Å². The van der Waals surface area contributed by atoms with E-state index in [1.54, 1.807) is 26.4 Å². The summed E-state index contributed by atoms with van der Waals surface area (Å²) in [6.07, 6.45) is 7.04. The first-order valence-electron chi connectivity index (χ1n) is 9.69. The molecule has 2 rings (SSSR count). The molecule has 1 aromatic heterocycles. The van der Waals surface area contributed by atoms with Gasteiger partial charge >= 0.3 is 6.03 Å². The predicted octanol–water partition coefficient (Wildman–Crippen LogP) is 2.12. The Balaban J connectivity index is 1.97. The van der Waals surface area contributed by atoms with Crippen LogP contribution < -0.4 is 10.6 Å². The molecule has 0 radical (unpaired) electrons. The van der Waals surface area contributed by atoms with Gasteiger partial charge in [-0.05, 0) is 56.8 Å². The van der Waals surface area contributed by atoms with Gasteiger partial charge in [0.15, 0.2) is 0 Å². The number of Topliss-reactive ketones (excluding diaryl/α,β-unsaturated/α-hetero) is 1. The normalized spacial score (nSPS) is 18.0. The molecule has 0 bridgehead atoms. The standard InChI is InChI=1S/C20H30N4O3/c1-3-24(20(27)23-13-15-7-9-22-10-8-15)19(26)17(14-21-2)11-16-5-4-6-18(25)12-16/h7-10,16-17,21H,3-6,11-14H2,1-2H3,(H,23,27). The molecular weight excluding hydrogens is 344 g/mol. The Bertz CT molecular complexity index is 635. The van der Waals surface area contributed by atoms with Crippen LogP contribution in [-0.2, 0) is 16.1 Å². The van der Waals surface area contributed by atoms with Gasteiger partial charge in [0.05, 0.1) is 5.92 Å². The smallest absolute Gasteiger partial charge is 0.324 e. The van der Waals surface area contributed by atoms with Crippen molar-refractivity contribution in [2.24, 2.45) is 11.8 Å². The Morgan fingerprint density at radius 2 is 2.07 bits per heavy atom. The highest BCUT2D eigenvalue weighted by molar-refractivity contribution is 5.95. The number of amides is 3. The Hall–Kier alpha value is -2.28. The molecule has 2 atom stereocenters. The lowest BCUT2D eigenvalue weighted by molar-refractivity contribution is -0.133. The summed E-state index contributed by atoms with van der Waals surface area (Å²) in [5.41, 5.74) is 0.925. The fraction of sp³-hybridized carbons (Fsp3) is 0.600. The second kappa shape index (κ2) is 10.8. The van der Waals surface area contributed by atoms with Crippen molar-refractivity contribution in [2.75, 3.05) is 20.1 Å². The molecule has 0 aromatic carbocycles. The highest BCUT2D eigenvalue weighted by atomic mass is 16.2. The Labute approximate surface area is 160 Å². The number of rotatable bonds is 8. The number of imide groups is 1. The van der Waals surface area contributed by atoms with Crippen LogP contribution in [0.4, 0.5) is 4.79 Å². The molecular formula is C20H30N4O3. The summed E-state index contributed by atoms with van der Waals surface area (Å²) in [6.45, 7) is 2.95. The lowest BCUT2D eigenvalue weighted by atomic mass is 9.81. The molecule has 2 N–H and O–H groups in total. The Morgan fingerprint density at radius 1 is 1.33 bits per heavy atom. The minimum absolute atomic E-state index is 0.183. The first-order valence-corrected chi connectivity index (χ1v) is 9.69. The number of hydrogen-bond donors (Lipinski definition) is 2. The van der Waals surface area contributed by atoms with Gasteiger partial charge < -0.3 is 10.6 Å². The average molecular weight is 374 g/mol. The molecule has 0 saturated heterocycles. The second-order valence-electron chi connectivity index (χ2n) is 7.09. The van der Waals surface area contributed by atoms with Crippen molar-refractivity contribution in [1.82, 2.24) is 20.5 Å². The van der Waals surface area contributed by atoms with Crippen molar-refractivity contribution >= 4 is 17.7 Å². The molecule has 1 fully saturated rings. The zero-order valence-electron chi connectivity index (χ0n) is 16.2. The van der Waals surface area contributed by atoms with E-state index in [-0.39, 0.29) is 29.6 Å². The maximum Gasteiger partial charge on any atom is 0.324 e. The summed E-state index contributed by atoms with van der Waals surface area (Å²) in [5, 5.41) is 5.86. The van der Waals surface area contributed by atoms with E-state index in [1.165, 1.54) is 4.90 Å². The second-order valence-corrected chi connectivity index (χ2v) is 7.09. The molecule has 148 valence electrons. The summed E-state index contributed by atoms with van der Waals surface area (Å²) >= 11 is 0. The predicted molar refractivity (Wildman–Crippen MR) is 103 cm³/mol. The molecule has 7 nitrogen and oxygen atoms in total. The van der Waals surface area contributed by atoms with Gasteiger partial charge in [0.1, 0.15) is 5.78 Å². The third-order valence-corrected chi connectivity index (χ3v) is 5.02. The minimum Gasteiger partial charge on any atom is -0.334 e. The molecule has 27 heavy (non-hydrogen) atoms. The molecule has 0 aliphatic heterocycles. The summed E-state index contributed by atoms with van der Waals surface area (Å²) in [5.74, 6) is 0.0195. The van der Waals surface area contributed by atoms with Crippen LogP contribution in [-0.4, -0.2) is 47.7 Å². The minimum atomic E-state index is -0.389. The van der Waals surface area contributed by atoms with E-state index in [0.717, 1.165) is 18.4 Å². The number of carbonyl (C=O) groups is 3. The molecule has 1 aliphatic carbocycles. The van der Waals surface area contributed by atoms with Gasteiger partial charge in [-0.25, -0.2) is 4.79 Å². The number of urea groups is 1. The molecule has 2 unspecified atom stereocenters. The summed E-state index contributed by atoms with van der Waals surface area (Å²) in [7, 11) is 1.80. The fourth-order valence-corrected chi connectivity index (χ4v) is 3.63. The average Bonchev–Trinajstić information content (AvgIpc) is 2.67. The van der Waals surface area contributed by atoms with E-state index in [1.807, 2.05) is 12.1 Å². The fourth-order valence-electron chi connectivity index (χ4n) is 3.63. The van der Waals surface area contributed by atoms with Gasteiger partial charge in [0.25, 0.3) is 0 Å². The third kappa shape index (κ3) is 6.43. The largest absolute Gasteiger partial charge is 0.334 e. The van der Waals surface area contributed by atoms with Crippen molar-refractivity contribution in [3.63, 3.8) is 0 Å². The van der Waals surface area contributed by atoms with Crippen molar-refractivity contribution in [3.8, 4) is 0 Å². The van der Waals surface area contributed by atoms with Crippen LogP contribution in [0, 0.1) is 11.8 Å². The van der Waals surface area contributed by atoms with Crippen LogP contribution in [0.3, 0.4) is 0 Å². The topological polar surface area (TPSA) is 91.4 Å². The first-order chi connectivity index (χ1) is 13.0. The monoisotopic (exact) mass is 374 g/mol. The van der Waals surface area contributed by atoms with E-state index in [0.29, 0.717) is 38.9 Å². The Morgan fingerprint density at radius 3 is 2.70 bits per heavy atom. The molecule has 3 amide bonds. The van der Waals surface area contributed by atoms with Crippen molar-refractivity contribution in [1.29, 1.82) is 0 Å². The number of hydrogen-bond acceptors (Lipinski definition) is 5. The van der Waals surface area contributed by atoms with Gasteiger partial charge in [-0.3, -0.25) is 19.5 Å². The summed E-state index contributed by atoms with van der Waals surface area (Å²) in [6, 6.07) is 3.25. The molecule has 7 heteroatoms. The van der Waals surface area contributed by atoms with Crippen LogP contribution in [0.5, 0.6) is 0 Å². The van der Waals surface area contributed by atoms with E-state index < -0.39 is 0 Å². The quantitative estimate of drug-likeness (QED) is 0.727. The third-order valence-electron chi connectivity index (χ3n) is 5.02. The van der Waals surface area contributed by atoms with Gasteiger partial charge in [-0.15, -0.1) is 0 Å². The summed E-state index contributed by atoms with van der Waals surface area (Å²) in [4.78, 5) is 42.5. The first kappa shape index (κ1) is 21.0. The molecule has 1 aromatic rings. The summed E-state index contributed by atoms with van der Waals surface area (Å²) < 4.78 is 0. The van der Waals surface area contributed by atoms with E-state index >= 15 is 0 Å². The zero-order valence-corrected chi connectivity index (χ0v) is 16.2. The van der Waals surface area contributed by atoms with Gasteiger partial charge in [-0.1, -0.05) is 0 Å². The maximum absolute atomic E-state index is 13.0. The van der Waals surface area contributed by atoms with Crippen molar-refractivity contribution < 1.29 is 14.4 Å². The van der Waals surface area contributed by atoms with E-state index in [9.17, 15) is 14.4 Å². The van der Waals surface area contributed by atoms with Crippen molar-refractivity contribution in [3.05, 3.63) is 30.1 Å². The van der Waals surface area contributed by atoms with E-state index in [2.05, 4.69) is 15.6 Å². The lowest BCUT2D eigenvalue weighted by Gasteiger charge is -2.29. The SMILES string of the molecule is CCN(C(=O)NCc1ccncc1)C(=O)C(CNC)CC1CCCC(=O)C1. The maximum atomic E-state index is 13.0. The molecule has 1 saturated carbocycles. The van der Waals surface area contributed by atoms with Gasteiger partial charge in [-0.2, -0.15) is 0 Å². The van der Waals surface area contributed by atoms with Gasteiger partial charge in [0, 0.05) is 44.9 Å². The molecule has 0 spiro atoms. The van der Waals surface area contributed by atoms with Crippen LogP contribution >= 0.6 is 0 Å². The Kier molecular flexibility index (Phi) is 8.39. The van der Waals surface area contributed by atoms with Crippen LogP contribution in [0.2, 0.25) is 0 Å². The number of ketones is 1. The zero-order chi connectivity index (χ0) is 19.6. The van der Waals surface area contributed by atoms with Crippen LogP contribution in [0.1, 0.15) is 44.6 Å². The van der Waals surface area contributed by atoms with Crippen LogP contribution in [0.25, 0.3) is 0 Å². The number of carbonyl (C=O) groups excluding carboxylic acids is 3. The molecule has 1 aliphatic rings. The highest BCUT2D eigenvalue weighted by Crippen LogP contribution is 2.28. The number of nitrogens with zero attached hydrogens (tertiary/aromatic N) is 2. The highest BCUT2D eigenvalue weighted by Gasteiger charge is 2.31. The van der Waals surface area contributed by atoms with Gasteiger partial charge in [0.2, 0.25) is 5.91 Å². The number of aromatic nitrogens is 1. The number of nitrogens with one attached hydrogen (secondary N) is 2. The lowest BCUT2D eigenvalue weighted by Crippen LogP contribution is -2.48.